The number of Topliss-reactive ketones (excluding diaryl/α,β-unsaturated/α-hetero) is 1. The van der Waals surface area contributed by atoms with Crippen LogP contribution in [-0.4, -0.2) is 17.4 Å². The van der Waals surface area contributed by atoms with E-state index >= 15 is 0 Å². The Morgan fingerprint density at radius 2 is 1.26 bits per heavy atom. The van der Waals surface area contributed by atoms with Crippen LogP contribution in [0.5, 0.6) is 0 Å². The van der Waals surface area contributed by atoms with Crippen molar-refractivity contribution in [3.8, 4) is 0 Å². The van der Waals surface area contributed by atoms with Crippen LogP contribution in [0.25, 0.3) is 0 Å². The van der Waals surface area contributed by atoms with Crippen molar-refractivity contribution < 1.29 is 40.7 Å². The highest BCUT2D eigenvalue weighted by atomic mass is 19.4. The molecule has 0 unspecified atom stereocenters. The zero-order valence-corrected chi connectivity index (χ0v) is 12.2. The zero-order valence-electron chi connectivity index (χ0n) is 12.2. The number of ketones is 1. The molecule has 1 rings (SSSR count). The molecule has 0 aromatic heterocycles. The predicted molar refractivity (Wildman–Crippen MR) is 66.6 cm³/mol. The van der Waals surface area contributed by atoms with Gasteiger partial charge >= 0.3 is 18.3 Å². The normalized spacial score (nSPS) is 12.9. The Bertz CT molecular complexity index is 596. The lowest BCUT2D eigenvalue weighted by atomic mass is 9.93. The summed E-state index contributed by atoms with van der Waals surface area (Å²) in [6.07, 6.45) is -10.1. The molecule has 0 fully saturated rings. The Labute approximate surface area is 127 Å². The number of carbonyl (C=O) groups excluding carboxylic acids is 2. The smallest absolute Gasteiger partial charge is 0.416 e. The Morgan fingerprint density at radius 3 is 1.57 bits per heavy atom. The van der Waals surface area contributed by atoms with Gasteiger partial charge < -0.3 is 4.74 Å². The number of hydrogen-bond acceptors (Lipinski definition) is 3. The Balaban J connectivity index is 3.47. The molecule has 9 heteroatoms. The fraction of sp³-hybridized carbons (Fsp3) is 0.429. The van der Waals surface area contributed by atoms with Crippen LogP contribution in [-0.2, 0) is 21.9 Å². The Morgan fingerprint density at radius 1 is 0.870 bits per heavy atom. The monoisotopic (exact) mass is 342 g/mol. The van der Waals surface area contributed by atoms with Crippen molar-refractivity contribution in [3.05, 3.63) is 34.9 Å². The first-order valence-corrected chi connectivity index (χ1v) is 6.18. The van der Waals surface area contributed by atoms with E-state index < -0.39 is 46.4 Å². The number of carbonyl (C=O) groups is 2. The van der Waals surface area contributed by atoms with Crippen LogP contribution in [0.2, 0.25) is 0 Å². The molecule has 0 aliphatic heterocycles. The first-order valence-electron chi connectivity index (χ1n) is 6.18. The number of esters is 1. The number of alkyl halides is 6. The summed E-state index contributed by atoms with van der Waals surface area (Å²) in [5.41, 5.74) is -5.99. The van der Waals surface area contributed by atoms with Gasteiger partial charge in [-0.2, -0.15) is 26.3 Å². The van der Waals surface area contributed by atoms with Gasteiger partial charge in [0.05, 0.1) is 11.1 Å². The topological polar surface area (TPSA) is 43.4 Å². The Kier molecular flexibility index (Phi) is 4.84. The lowest BCUT2D eigenvalue weighted by molar-refractivity contribution is -0.150. The van der Waals surface area contributed by atoms with E-state index in [4.69, 9.17) is 0 Å². The molecule has 0 spiro atoms. The molecule has 0 saturated heterocycles. The zero-order chi connectivity index (χ0) is 18.2. The fourth-order valence-electron chi connectivity index (χ4n) is 1.84. The average molecular weight is 342 g/mol. The molecule has 1 aromatic rings. The molecule has 3 nitrogen and oxygen atoms in total. The molecule has 0 atom stereocenters. The van der Waals surface area contributed by atoms with E-state index in [1.807, 2.05) is 0 Å². The van der Waals surface area contributed by atoms with Crippen molar-refractivity contribution in [2.45, 2.75) is 38.7 Å². The predicted octanol–water partition coefficient (Wildman–Crippen LogP) is 4.25. The van der Waals surface area contributed by atoms with Gasteiger partial charge in [-0.3, -0.25) is 9.59 Å². The van der Waals surface area contributed by atoms with Gasteiger partial charge in [0.1, 0.15) is 0 Å². The van der Waals surface area contributed by atoms with Gasteiger partial charge in [0, 0.05) is 12.5 Å². The van der Waals surface area contributed by atoms with Crippen LogP contribution in [0.1, 0.15) is 42.3 Å². The van der Waals surface area contributed by atoms with E-state index in [9.17, 15) is 35.9 Å². The molecule has 0 N–H and O–H groups in total. The van der Waals surface area contributed by atoms with Gasteiger partial charge in [0.15, 0.2) is 5.60 Å². The summed E-state index contributed by atoms with van der Waals surface area (Å²) < 4.78 is 81.1. The molecule has 0 saturated carbocycles. The van der Waals surface area contributed by atoms with Crippen molar-refractivity contribution in [3.63, 3.8) is 0 Å². The summed E-state index contributed by atoms with van der Waals surface area (Å²) in [5.74, 6) is -2.07. The number of rotatable bonds is 3. The molecular weight excluding hydrogens is 330 g/mol. The lowest BCUT2D eigenvalue weighted by Crippen LogP contribution is -2.37. The van der Waals surface area contributed by atoms with Crippen molar-refractivity contribution >= 4 is 11.8 Å². The number of halogens is 6. The van der Waals surface area contributed by atoms with E-state index in [1.165, 1.54) is 0 Å². The van der Waals surface area contributed by atoms with E-state index in [1.54, 1.807) is 0 Å². The van der Waals surface area contributed by atoms with Gasteiger partial charge in [-0.05, 0) is 32.0 Å². The molecule has 23 heavy (non-hydrogen) atoms. The molecule has 0 radical (unpaired) electrons. The summed E-state index contributed by atoms with van der Waals surface area (Å²) in [5, 5.41) is 0. The van der Waals surface area contributed by atoms with E-state index in [-0.39, 0.29) is 6.07 Å². The largest absolute Gasteiger partial charge is 0.451 e. The molecule has 0 amide bonds. The third-order valence-electron chi connectivity index (χ3n) is 2.80. The van der Waals surface area contributed by atoms with Crippen LogP contribution >= 0.6 is 0 Å². The molecule has 0 aliphatic carbocycles. The van der Waals surface area contributed by atoms with Crippen LogP contribution in [0.3, 0.4) is 0 Å². The van der Waals surface area contributed by atoms with Crippen molar-refractivity contribution in [1.82, 2.24) is 0 Å². The SMILES string of the molecule is CC(=O)OC(C)(C)C(=O)c1cc(C(F)(F)F)cc(C(F)(F)F)c1. The second-order valence-electron chi connectivity index (χ2n) is 5.23. The van der Waals surface area contributed by atoms with Crippen LogP contribution in [0.4, 0.5) is 26.3 Å². The van der Waals surface area contributed by atoms with Gasteiger partial charge in [-0.25, -0.2) is 0 Å². The quantitative estimate of drug-likeness (QED) is 0.469. The third-order valence-corrected chi connectivity index (χ3v) is 2.80. The number of ether oxygens (including phenoxy) is 1. The molecule has 128 valence electrons. The number of benzene rings is 1. The summed E-state index contributed by atoms with van der Waals surface area (Å²) in [4.78, 5) is 23.1. The van der Waals surface area contributed by atoms with E-state index in [0.717, 1.165) is 20.8 Å². The van der Waals surface area contributed by atoms with Crippen LogP contribution in [0.15, 0.2) is 18.2 Å². The fourth-order valence-corrected chi connectivity index (χ4v) is 1.84. The molecule has 0 heterocycles. The number of hydrogen-bond donors (Lipinski definition) is 0. The van der Waals surface area contributed by atoms with Crippen LogP contribution < -0.4 is 0 Å². The highest BCUT2D eigenvalue weighted by Gasteiger charge is 2.39. The summed E-state index contributed by atoms with van der Waals surface area (Å²) in [6.45, 7) is 3.11. The minimum atomic E-state index is -5.07. The van der Waals surface area contributed by atoms with Gasteiger partial charge in [0.2, 0.25) is 5.78 Å². The molecule has 0 aliphatic rings. The second kappa shape index (κ2) is 5.86. The van der Waals surface area contributed by atoms with Crippen molar-refractivity contribution in [2.24, 2.45) is 0 Å². The highest BCUT2D eigenvalue weighted by Crippen LogP contribution is 2.37. The minimum absolute atomic E-state index is 0.0877. The first kappa shape index (κ1) is 19.0. The second-order valence-corrected chi connectivity index (χ2v) is 5.23. The van der Waals surface area contributed by atoms with Crippen LogP contribution in [0, 0.1) is 0 Å². The van der Waals surface area contributed by atoms with Gasteiger partial charge in [-0.1, -0.05) is 0 Å². The highest BCUT2D eigenvalue weighted by molar-refractivity contribution is 6.03. The average Bonchev–Trinajstić information content (AvgIpc) is 2.33. The van der Waals surface area contributed by atoms with E-state index in [0.29, 0.717) is 12.1 Å². The maximum atomic E-state index is 12.7. The first-order chi connectivity index (χ1) is 10.1. The summed E-state index contributed by atoms with van der Waals surface area (Å²) in [6, 6.07) is 0.501. The maximum absolute atomic E-state index is 12.7. The molecule has 1 aromatic carbocycles. The van der Waals surface area contributed by atoms with Crippen molar-refractivity contribution in [1.29, 1.82) is 0 Å². The third kappa shape index (κ3) is 4.70. The van der Waals surface area contributed by atoms with Gasteiger partial charge in [-0.15, -0.1) is 0 Å². The summed E-state index contributed by atoms with van der Waals surface area (Å²) >= 11 is 0. The maximum Gasteiger partial charge on any atom is 0.416 e. The van der Waals surface area contributed by atoms with Gasteiger partial charge in [0.25, 0.3) is 0 Å². The lowest BCUT2D eigenvalue weighted by Gasteiger charge is -2.24. The summed E-state index contributed by atoms with van der Waals surface area (Å²) in [7, 11) is 0. The van der Waals surface area contributed by atoms with E-state index in [2.05, 4.69) is 4.74 Å². The Hall–Kier alpha value is -2.06. The molecular formula is C14H12F6O3. The van der Waals surface area contributed by atoms with Crippen molar-refractivity contribution in [2.75, 3.05) is 0 Å². The molecule has 0 bridgehead atoms. The minimum Gasteiger partial charge on any atom is -0.451 e. The standard InChI is InChI=1S/C14H12F6O3/c1-7(21)23-12(2,3)11(22)8-4-9(13(15,16)17)6-10(5-8)14(18,19)20/h4-6H,1-3H3.